The van der Waals surface area contributed by atoms with Crippen LogP contribution in [0.1, 0.15) is 6.42 Å². The van der Waals surface area contributed by atoms with Crippen LogP contribution in [0.25, 0.3) is 0 Å². The third-order valence-corrected chi connectivity index (χ3v) is 2.68. The molecule has 1 amide bonds. The zero-order valence-electron chi connectivity index (χ0n) is 9.44. The molecule has 0 aliphatic heterocycles. The van der Waals surface area contributed by atoms with E-state index in [1.54, 1.807) is 19.2 Å². The van der Waals surface area contributed by atoms with Gasteiger partial charge in [-0.2, -0.15) is 0 Å². The maximum atomic E-state index is 11.7. The van der Waals surface area contributed by atoms with E-state index < -0.39 is 6.04 Å². The molecule has 1 aromatic carbocycles. The first-order chi connectivity index (χ1) is 8.04. The highest BCUT2D eigenvalue weighted by Gasteiger charge is 2.14. The van der Waals surface area contributed by atoms with Gasteiger partial charge in [-0.3, -0.25) is 4.79 Å². The molecule has 94 valence electrons. The molecule has 0 radical (unpaired) electrons. The van der Waals surface area contributed by atoms with Gasteiger partial charge in [0.1, 0.15) is 5.75 Å². The lowest BCUT2D eigenvalue weighted by Crippen LogP contribution is -2.36. The molecule has 1 rings (SSSR count). The third kappa shape index (κ3) is 4.33. The molecule has 0 spiro atoms. The molecule has 0 aromatic heterocycles. The number of aromatic hydroxyl groups is 1. The molecule has 5 nitrogen and oxygen atoms in total. The van der Waals surface area contributed by atoms with Gasteiger partial charge in [0.25, 0.3) is 0 Å². The van der Waals surface area contributed by atoms with Gasteiger partial charge < -0.3 is 20.9 Å². The van der Waals surface area contributed by atoms with E-state index in [1.165, 1.54) is 6.07 Å². The highest BCUT2D eigenvalue weighted by atomic mass is 79.9. The average Bonchev–Trinajstić information content (AvgIpc) is 2.30. The Balaban J connectivity index is 2.64. The van der Waals surface area contributed by atoms with E-state index in [-0.39, 0.29) is 11.7 Å². The van der Waals surface area contributed by atoms with Crippen LogP contribution in [-0.4, -0.2) is 30.8 Å². The van der Waals surface area contributed by atoms with Gasteiger partial charge in [-0.05, 0) is 24.6 Å². The summed E-state index contributed by atoms with van der Waals surface area (Å²) >= 11 is 3.25. The second-order valence-corrected chi connectivity index (χ2v) is 4.45. The number of amides is 1. The summed E-state index contributed by atoms with van der Waals surface area (Å²) in [6, 6.07) is 4.11. The number of phenolic OH excluding ortho intramolecular Hbond substituents is 1. The molecule has 1 aromatic rings. The standard InChI is InChI=1S/C11H15BrN2O3/c1-17-5-4-8(13)11(16)14-9-6-7(12)2-3-10(9)15/h2-3,6,8,15H,4-5,13H2,1H3,(H,14,16). The Hall–Kier alpha value is -1.11. The molecule has 1 unspecified atom stereocenters. The molecular formula is C11H15BrN2O3. The predicted molar refractivity (Wildman–Crippen MR) is 68.9 cm³/mol. The van der Waals surface area contributed by atoms with Crippen molar-refractivity contribution < 1.29 is 14.6 Å². The van der Waals surface area contributed by atoms with E-state index in [0.29, 0.717) is 18.7 Å². The van der Waals surface area contributed by atoms with Crippen molar-refractivity contribution in [1.82, 2.24) is 0 Å². The number of hydrogen-bond acceptors (Lipinski definition) is 4. The molecule has 0 aliphatic carbocycles. The van der Waals surface area contributed by atoms with Gasteiger partial charge in [0.15, 0.2) is 0 Å². The highest BCUT2D eigenvalue weighted by molar-refractivity contribution is 9.10. The van der Waals surface area contributed by atoms with Crippen molar-refractivity contribution in [2.45, 2.75) is 12.5 Å². The Morgan fingerprint density at radius 1 is 1.65 bits per heavy atom. The maximum Gasteiger partial charge on any atom is 0.241 e. The van der Waals surface area contributed by atoms with Crippen molar-refractivity contribution in [3.05, 3.63) is 22.7 Å². The summed E-state index contributed by atoms with van der Waals surface area (Å²) in [5.74, 6) is -0.351. The van der Waals surface area contributed by atoms with Crippen LogP contribution in [0.15, 0.2) is 22.7 Å². The topological polar surface area (TPSA) is 84.6 Å². The Kier molecular flexibility index (Phi) is 5.40. The lowest BCUT2D eigenvalue weighted by Gasteiger charge is -2.12. The number of rotatable bonds is 5. The minimum absolute atomic E-state index is 0.000455. The van der Waals surface area contributed by atoms with Crippen molar-refractivity contribution in [2.75, 3.05) is 19.0 Å². The van der Waals surface area contributed by atoms with Crippen LogP contribution in [-0.2, 0) is 9.53 Å². The molecule has 17 heavy (non-hydrogen) atoms. The van der Waals surface area contributed by atoms with Crippen LogP contribution in [0, 0.1) is 0 Å². The van der Waals surface area contributed by atoms with Gasteiger partial charge in [-0.1, -0.05) is 15.9 Å². The number of carbonyl (C=O) groups excluding carboxylic acids is 1. The van der Waals surface area contributed by atoms with Crippen LogP contribution < -0.4 is 11.1 Å². The first-order valence-electron chi connectivity index (χ1n) is 5.08. The zero-order valence-corrected chi connectivity index (χ0v) is 11.0. The van der Waals surface area contributed by atoms with Gasteiger partial charge in [0.2, 0.25) is 5.91 Å². The van der Waals surface area contributed by atoms with Crippen molar-refractivity contribution >= 4 is 27.5 Å². The average molecular weight is 303 g/mol. The number of benzene rings is 1. The van der Waals surface area contributed by atoms with Crippen LogP contribution >= 0.6 is 15.9 Å². The van der Waals surface area contributed by atoms with Crippen molar-refractivity contribution in [2.24, 2.45) is 5.73 Å². The molecule has 0 fully saturated rings. The fraction of sp³-hybridized carbons (Fsp3) is 0.364. The largest absolute Gasteiger partial charge is 0.506 e. The molecule has 0 saturated carbocycles. The molecule has 0 aliphatic rings. The number of phenols is 1. The van der Waals surface area contributed by atoms with Crippen LogP contribution in [0.5, 0.6) is 5.75 Å². The molecule has 1 atom stereocenters. The fourth-order valence-corrected chi connectivity index (χ4v) is 1.57. The van der Waals surface area contributed by atoms with Crippen molar-refractivity contribution in [3.63, 3.8) is 0 Å². The number of nitrogens with two attached hydrogens (primary N) is 1. The SMILES string of the molecule is COCCC(N)C(=O)Nc1cc(Br)ccc1O. The number of halogens is 1. The van der Waals surface area contributed by atoms with Gasteiger partial charge in [-0.15, -0.1) is 0 Å². The Morgan fingerprint density at radius 2 is 2.35 bits per heavy atom. The summed E-state index contributed by atoms with van der Waals surface area (Å²) in [4.78, 5) is 11.7. The normalized spacial score (nSPS) is 12.2. The second kappa shape index (κ2) is 6.58. The van der Waals surface area contributed by atoms with E-state index in [0.717, 1.165) is 4.47 Å². The molecule has 0 bridgehead atoms. The number of methoxy groups -OCH3 is 1. The zero-order chi connectivity index (χ0) is 12.8. The summed E-state index contributed by atoms with van der Waals surface area (Å²) in [6.07, 6.45) is 0.428. The van der Waals surface area contributed by atoms with E-state index in [4.69, 9.17) is 10.5 Å². The van der Waals surface area contributed by atoms with Crippen molar-refractivity contribution in [1.29, 1.82) is 0 Å². The smallest absolute Gasteiger partial charge is 0.241 e. The van der Waals surface area contributed by atoms with Gasteiger partial charge in [0.05, 0.1) is 11.7 Å². The van der Waals surface area contributed by atoms with Gasteiger partial charge >= 0.3 is 0 Å². The quantitative estimate of drug-likeness (QED) is 0.719. The fourth-order valence-electron chi connectivity index (χ4n) is 1.21. The Labute approximate surface area is 108 Å². The first-order valence-corrected chi connectivity index (χ1v) is 5.87. The third-order valence-electron chi connectivity index (χ3n) is 2.19. The number of carbonyl (C=O) groups is 1. The van der Waals surface area contributed by atoms with Crippen LogP contribution in [0.4, 0.5) is 5.69 Å². The number of nitrogens with one attached hydrogen (secondary N) is 1. The first kappa shape index (κ1) is 14.0. The number of anilines is 1. The molecular weight excluding hydrogens is 288 g/mol. The maximum absolute atomic E-state index is 11.7. The van der Waals surface area contributed by atoms with E-state index in [2.05, 4.69) is 21.2 Å². The summed E-state index contributed by atoms with van der Waals surface area (Å²) in [5, 5.41) is 12.1. The monoisotopic (exact) mass is 302 g/mol. The Morgan fingerprint density at radius 3 is 3.00 bits per heavy atom. The molecule has 6 heteroatoms. The Bertz CT molecular complexity index is 398. The van der Waals surface area contributed by atoms with E-state index >= 15 is 0 Å². The van der Waals surface area contributed by atoms with Gasteiger partial charge in [0, 0.05) is 18.2 Å². The van der Waals surface area contributed by atoms with E-state index in [1.807, 2.05) is 0 Å². The number of hydrogen-bond donors (Lipinski definition) is 3. The van der Waals surface area contributed by atoms with Crippen molar-refractivity contribution in [3.8, 4) is 5.75 Å². The van der Waals surface area contributed by atoms with Crippen LogP contribution in [0.3, 0.4) is 0 Å². The molecule has 4 N–H and O–H groups in total. The summed E-state index contributed by atoms with van der Waals surface area (Å²) in [7, 11) is 1.55. The minimum Gasteiger partial charge on any atom is -0.506 e. The summed E-state index contributed by atoms with van der Waals surface area (Å²) in [6.45, 7) is 0.416. The number of ether oxygens (including phenoxy) is 1. The van der Waals surface area contributed by atoms with Gasteiger partial charge in [-0.25, -0.2) is 0 Å². The molecule has 0 saturated heterocycles. The highest BCUT2D eigenvalue weighted by Crippen LogP contribution is 2.26. The van der Waals surface area contributed by atoms with Crippen LogP contribution in [0.2, 0.25) is 0 Å². The molecule has 0 heterocycles. The van der Waals surface area contributed by atoms with E-state index in [9.17, 15) is 9.90 Å². The summed E-state index contributed by atoms with van der Waals surface area (Å²) < 4.78 is 5.60. The second-order valence-electron chi connectivity index (χ2n) is 3.54. The lowest BCUT2D eigenvalue weighted by molar-refractivity contribution is -0.117. The minimum atomic E-state index is -0.659. The lowest BCUT2D eigenvalue weighted by atomic mass is 10.2. The predicted octanol–water partition coefficient (Wildman–Crippen LogP) is 1.46. The summed E-state index contributed by atoms with van der Waals surface area (Å²) in [5.41, 5.74) is 5.98.